The Balaban J connectivity index is 1.78. The average Bonchev–Trinajstić information content (AvgIpc) is 2.83. The van der Waals surface area contributed by atoms with Crippen molar-refractivity contribution in [3.8, 4) is 0 Å². The molecule has 1 fully saturated rings. The first kappa shape index (κ1) is 14.4. The number of aromatic nitrogens is 3. The summed E-state index contributed by atoms with van der Waals surface area (Å²) < 4.78 is 1.94. The Kier molecular flexibility index (Phi) is 3.93. The van der Waals surface area contributed by atoms with Gasteiger partial charge in [0.2, 0.25) is 0 Å². The predicted octanol–water partition coefficient (Wildman–Crippen LogP) is 1.16. The van der Waals surface area contributed by atoms with Gasteiger partial charge in [-0.1, -0.05) is 0 Å². The van der Waals surface area contributed by atoms with Crippen molar-refractivity contribution < 1.29 is 0 Å². The van der Waals surface area contributed by atoms with E-state index >= 15 is 0 Å². The molecule has 1 aliphatic rings. The summed E-state index contributed by atoms with van der Waals surface area (Å²) in [4.78, 5) is 6.88. The minimum absolute atomic E-state index is 0.231. The second kappa shape index (κ2) is 5.71. The van der Waals surface area contributed by atoms with Crippen molar-refractivity contribution >= 4 is 5.65 Å². The maximum absolute atomic E-state index is 4.52. The lowest BCUT2D eigenvalue weighted by atomic mass is 10.1. The molecule has 1 aliphatic heterocycles. The molecule has 0 aliphatic carbocycles. The van der Waals surface area contributed by atoms with Crippen molar-refractivity contribution in [2.45, 2.75) is 26.8 Å². The van der Waals surface area contributed by atoms with Crippen LogP contribution in [0.3, 0.4) is 0 Å². The standard InChI is InChI=1S/C15H24N6/c1-11-9-15-16-10-14(13(3)21(15)17-11)12(2)18-20-7-5-19(4)6-8-20/h9-10,12,18H,5-8H2,1-4H3. The van der Waals surface area contributed by atoms with E-state index in [0.717, 1.165) is 43.2 Å². The molecule has 2 aromatic heterocycles. The van der Waals surface area contributed by atoms with E-state index in [2.05, 4.69) is 46.3 Å². The summed E-state index contributed by atoms with van der Waals surface area (Å²) in [6.07, 6.45) is 1.97. The van der Waals surface area contributed by atoms with Crippen LogP contribution in [0.5, 0.6) is 0 Å². The summed E-state index contributed by atoms with van der Waals surface area (Å²) in [6.45, 7) is 10.6. The molecule has 6 nitrogen and oxygen atoms in total. The van der Waals surface area contributed by atoms with Crippen LogP contribution in [0.1, 0.15) is 29.9 Å². The van der Waals surface area contributed by atoms with Crippen molar-refractivity contribution in [3.63, 3.8) is 0 Å². The molecular formula is C15H24N6. The van der Waals surface area contributed by atoms with Gasteiger partial charge in [-0.15, -0.1) is 0 Å². The number of hydrogen-bond donors (Lipinski definition) is 1. The van der Waals surface area contributed by atoms with Gasteiger partial charge in [-0.2, -0.15) is 5.10 Å². The van der Waals surface area contributed by atoms with Crippen LogP contribution in [0.4, 0.5) is 0 Å². The smallest absolute Gasteiger partial charge is 0.155 e. The molecule has 2 aromatic rings. The van der Waals surface area contributed by atoms with E-state index in [9.17, 15) is 0 Å². The number of hydrogen-bond acceptors (Lipinski definition) is 5. The van der Waals surface area contributed by atoms with Crippen LogP contribution in [0.15, 0.2) is 12.3 Å². The van der Waals surface area contributed by atoms with Gasteiger partial charge in [0.05, 0.1) is 5.69 Å². The van der Waals surface area contributed by atoms with Crippen molar-refractivity contribution in [1.82, 2.24) is 29.9 Å². The maximum Gasteiger partial charge on any atom is 0.155 e. The second-order valence-corrected chi connectivity index (χ2v) is 6.00. The molecule has 0 spiro atoms. The third kappa shape index (κ3) is 2.92. The molecule has 6 heteroatoms. The van der Waals surface area contributed by atoms with E-state index in [4.69, 9.17) is 0 Å². The Bertz CT molecular complexity index is 626. The molecule has 1 unspecified atom stereocenters. The van der Waals surface area contributed by atoms with Crippen molar-refractivity contribution in [1.29, 1.82) is 0 Å². The Hall–Kier alpha value is -1.50. The van der Waals surface area contributed by atoms with Gasteiger partial charge >= 0.3 is 0 Å². The molecule has 0 amide bonds. The monoisotopic (exact) mass is 288 g/mol. The van der Waals surface area contributed by atoms with Gasteiger partial charge in [0.1, 0.15) is 0 Å². The third-order valence-electron chi connectivity index (χ3n) is 4.23. The fourth-order valence-electron chi connectivity index (χ4n) is 2.88. The van der Waals surface area contributed by atoms with Gasteiger partial charge < -0.3 is 4.90 Å². The normalized spacial score (nSPS) is 19.2. The Morgan fingerprint density at radius 2 is 1.90 bits per heavy atom. The van der Waals surface area contributed by atoms with E-state index < -0.39 is 0 Å². The molecule has 1 saturated heterocycles. The van der Waals surface area contributed by atoms with Crippen molar-refractivity contribution in [2.75, 3.05) is 33.2 Å². The molecular weight excluding hydrogens is 264 g/mol. The van der Waals surface area contributed by atoms with Crippen molar-refractivity contribution in [2.24, 2.45) is 0 Å². The Morgan fingerprint density at radius 1 is 1.19 bits per heavy atom. The number of nitrogens with one attached hydrogen (secondary N) is 1. The highest BCUT2D eigenvalue weighted by atomic mass is 15.5. The van der Waals surface area contributed by atoms with Crippen LogP contribution >= 0.6 is 0 Å². The summed E-state index contributed by atoms with van der Waals surface area (Å²) in [7, 11) is 2.17. The van der Waals surface area contributed by atoms with Crippen LogP contribution in [-0.2, 0) is 0 Å². The number of piperazine rings is 1. The first-order valence-electron chi connectivity index (χ1n) is 7.56. The molecule has 3 rings (SSSR count). The number of nitrogens with zero attached hydrogens (tertiary/aromatic N) is 5. The summed E-state index contributed by atoms with van der Waals surface area (Å²) in [5.41, 5.74) is 7.87. The molecule has 21 heavy (non-hydrogen) atoms. The minimum atomic E-state index is 0.231. The average molecular weight is 288 g/mol. The quantitative estimate of drug-likeness (QED) is 0.918. The molecule has 0 radical (unpaired) electrons. The second-order valence-electron chi connectivity index (χ2n) is 6.00. The van der Waals surface area contributed by atoms with Crippen LogP contribution in [0, 0.1) is 13.8 Å². The van der Waals surface area contributed by atoms with E-state index in [-0.39, 0.29) is 6.04 Å². The summed E-state index contributed by atoms with van der Waals surface area (Å²) >= 11 is 0. The summed E-state index contributed by atoms with van der Waals surface area (Å²) in [6, 6.07) is 2.24. The van der Waals surface area contributed by atoms with E-state index in [1.807, 2.05) is 23.7 Å². The van der Waals surface area contributed by atoms with Gasteiger partial charge in [-0.25, -0.2) is 19.9 Å². The number of hydrazine groups is 1. The van der Waals surface area contributed by atoms with E-state index in [1.165, 1.54) is 5.56 Å². The molecule has 3 heterocycles. The van der Waals surface area contributed by atoms with E-state index in [0.29, 0.717) is 0 Å². The first-order chi connectivity index (χ1) is 10.0. The highest BCUT2D eigenvalue weighted by Gasteiger charge is 2.18. The van der Waals surface area contributed by atoms with Crippen LogP contribution in [0.2, 0.25) is 0 Å². The fourth-order valence-corrected chi connectivity index (χ4v) is 2.88. The first-order valence-corrected chi connectivity index (χ1v) is 7.56. The summed E-state index contributed by atoms with van der Waals surface area (Å²) in [5.74, 6) is 0. The SMILES string of the molecule is Cc1cc2ncc(C(C)NN3CCN(C)CC3)c(C)n2n1. The van der Waals surface area contributed by atoms with Gasteiger partial charge in [0.25, 0.3) is 0 Å². The van der Waals surface area contributed by atoms with Crippen LogP contribution in [-0.4, -0.2) is 57.7 Å². The molecule has 1 atom stereocenters. The molecule has 114 valence electrons. The third-order valence-corrected chi connectivity index (χ3v) is 4.23. The van der Waals surface area contributed by atoms with Crippen LogP contribution < -0.4 is 5.43 Å². The molecule has 0 aromatic carbocycles. The zero-order chi connectivity index (χ0) is 15.0. The highest BCUT2D eigenvalue weighted by molar-refractivity contribution is 5.42. The molecule has 0 bridgehead atoms. The van der Waals surface area contributed by atoms with Crippen LogP contribution in [0.25, 0.3) is 5.65 Å². The number of rotatable bonds is 3. The number of likely N-dealkylation sites (N-methyl/N-ethyl adjacent to an activating group) is 1. The lowest BCUT2D eigenvalue weighted by molar-refractivity contribution is 0.0896. The molecule has 1 N–H and O–H groups in total. The Morgan fingerprint density at radius 3 is 2.62 bits per heavy atom. The Labute approximate surface area is 125 Å². The van der Waals surface area contributed by atoms with Gasteiger partial charge in [-0.05, 0) is 27.8 Å². The molecule has 0 saturated carbocycles. The zero-order valence-electron chi connectivity index (χ0n) is 13.3. The minimum Gasteiger partial charge on any atom is -0.304 e. The predicted molar refractivity (Wildman–Crippen MR) is 83.1 cm³/mol. The lowest BCUT2D eigenvalue weighted by Crippen LogP contribution is -2.51. The van der Waals surface area contributed by atoms with Gasteiger partial charge in [0, 0.05) is 55.7 Å². The van der Waals surface area contributed by atoms with E-state index in [1.54, 1.807) is 0 Å². The number of aryl methyl sites for hydroxylation is 2. The zero-order valence-corrected chi connectivity index (χ0v) is 13.3. The largest absolute Gasteiger partial charge is 0.304 e. The highest BCUT2D eigenvalue weighted by Crippen LogP contribution is 2.18. The van der Waals surface area contributed by atoms with Gasteiger partial charge in [-0.3, -0.25) is 0 Å². The maximum atomic E-state index is 4.52. The van der Waals surface area contributed by atoms with Gasteiger partial charge in [0.15, 0.2) is 5.65 Å². The lowest BCUT2D eigenvalue weighted by Gasteiger charge is -2.34. The van der Waals surface area contributed by atoms with Crippen molar-refractivity contribution in [3.05, 3.63) is 29.2 Å². The summed E-state index contributed by atoms with van der Waals surface area (Å²) in [5, 5.41) is 6.83. The fraction of sp³-hybridized carbons (Fsp3) is 0.600. The number of fused-ring (bicyclic) bond motifs is 1. The topological polar surface area (TPSA) is 48.7 Å².